The van der Waals surface area contributed by atoms with E-state index in [1.807, 2.05) is 6.08 Å². The van der Waals surface area contributed by atoms with Gasteiger partial charge in [0, 0.05) is 43.2 Å². The molecule has 0 aromatic heterocycles. The largest absolute Gasteiger partial charge is 0.357 e. The Bertz CT molecular complexity index is 344. The first kappa shape index (κ1) is 16.7. The van der Waals surface area contributed by atoms with Crippen LogP contribution in [-0.4, -0.2) is 60.6 Å². The van der Waals surface area contributed by atoms with E-state index in [1.54, 1.807) is 0 Å². The van der Waals surface area contributed by atoms with E-state index in [-0.39, 0.29) is 0 Å². The van der Waals surface area contributed by atoms with Crippen LogP contribution in [0.2, 0.25) is 0 Å². The van der Waals surface area contributed by atoms with E-state index in [4.69, 9.17) is 4.99 Å². The van der Waals surface area contributed by atoms with Crippen LogP contribution in [0.25, 0.3) is 0 Å². The highest BCUT2D eigenvalue weighted by Crippen LogP contribution is 2.36. The molecule has 2 rings (SSSR count). The van der Waals surface area contributed by atoms with Gasteiger partial charge in [0.05, 0.1) is 6.54 Å². The maximum atomic E-state index is 4.88. The number of hydrogen-bond donors (Lipinski definition) is 2. The SMILES string of the molecule is C=CCNC(=NCC1(N2CCSCC2)CCCC1)NCC. The second-order valence-electron chi connectivity index (χ2n) is 5.90. The fourth-order valence-electron chi connectivity index (χ4n) is 3.38. The maximum Gasteiger partial charge on any atom is 0.191 e. The van der Waals surface area contributed by atoms with Gasteiger partial charge >= 0.3 is 0 Å². The molecule has 120 valence electrons. The molecular weight excluding hydrogens is 280 g/mol. The summed E-state index contributed by atoms with van der Waals surface area (Å²) in [5.41, 5.74) is 0.317. The van der Waals surface area contributed by atoms with Crippen molar-refractivity contribution in [1.29, 1.82) is 0 Å². The molecule has 0 amide bonds. The van der Waals surface area contributed by atoms with Gasteiger partial charge in [-0.2, -0.15) is 11.8 Å². The van der Waals surface area contributed by atoms with Gasteiger partial charge in [-0.05, 0) is 19.8 Å². The fourth-order valence-corrected chi connectivity index (χ4v) is 4.29. The van der Waals surface area contributed by atoms with E-state index in [9.17, 15) is 0 Å². The summed E-state index contributed by atoms with van der Waals surface area (Å²) in [5.74, 6) is 3.48. The van der Waals surface area contributed by atoms with E-state index in [1.165, 1.54) is 50.3 Å². The number of guanidine groups is 1. The first-order valence-corrected chi connectivity index (χ1v) is 9.42. The Balaban J connectivity index is 2.01. The van der Waals surface area contributed by atoms with Gasteiger partial charge in [-0.25, -0.2) is 0 Å². The van der Waals surface area contributed by atoms with Crippen molar-refractivity contribution in [3.8, 4) is 0 Å². The Morgan fingerprint density at radius 2 is 2.00 bits per heavy atom. The van der Waals surface area contributed by atoms with Gasteiger partial charge in [-0.1, -0.05) is 18.9 Å². The van der Waals surface area contributed by atoms with Crippen LogP contribution in [0.4, 0.5) is 0 Å². The Labute approximate surface area is 133 Å². The van der Waals surface area contributed by atoms with Crippen LogP contribution >= 0.6 is 11.8 Å². The number of nitrogens with one attached hydrogen (secondary N) is 2. The third kappa shape index (κ3) is 4.65. The van der Waals surface area contributed by atoms with E-state index in [0.29, 0.717) is 5.54 Å². The molecule has 0 aromatic carbocycles. The van der Waals surface area contributed by atoms with Crippen molar-refractivity contribution in [2.45, 2.75) is 38.1 Å². The maximum absolute atomic E-state index is 4.88. The number of rotatable bonds is 6. The highest BCUT2D eigenvalue weighted by molar-refractivity contribution is 7.99. The van der Waals surface area contributed by atoms with Crippen LogP contribution in [0.1, 0.15) is 32.6 Å². The molecule has 0 aromatic rings. The minimum atomic E-state index is 0.317. The number of nitrogens with zero attached hydrogens (tertiary/aromatic N) is 2. The molecule has 1 aliphatic carbocycles. The third-order valence-corrected chi connectivity index (χ3v) is 5.45. The molecule has 0 atom stereocenters. The van der Waals surface area contributed by atoms with Gasteiger partial charge in [0.1, 0.15) is 0 Å². The summed E-state index contributed by atoms with van der Waals surface area (Å²) in [6.07, 6.45) is 7.20. The standard InChI is InChI=1S/C16H30N4S/c1-3-9-18-15(17-4-2)19-14-16(7-5-6-8-16)20-10-12-21-13-11-20/h3H,1,4-14H2,2H3,(H2,17,18,19). The lowest BCUT2D eigenvalue weighted by molar-refractivity contribution is 0.112. The molecule has 1 saturated heterocycles. The van der Waals surface area contributed by atoms with Crippen molar-refractivity contribution < 1.29 is 0 Å². The molecule has 2 aliphatic rings. The smallest absolute Gasteiger partial charge is 0.191 e. The molecule has 1 saturated carbocycles. The number of thioether (sulfide) groups is 1. The summed E-state index contributed by atoms with van der Waals surface area (Å²) >= 11 is 2.09. The molecule has 0 radical (unpaired) electrons. The molecule has 5 heteroatoms. The van der Waals surface area contributed by atoms with E-state index in [2.05, 4.69) is 40.8 Å². The lowest BCUT2D eigenvalue weighted by Crippen LogP contribution is -2.53. The van der Waals surface area contributed by atoms with Crippen LogP contribution in [0.5, 0.6) is 0 Å². The monoisotopic (exact) mass is 310 g/mol. The van der Waals surface area contributed by atoms with Crippen molar-refractivity contribution in [1.82, 2.24) is 15.5 Å². The average Bonchev–Trinajstić information content (AvgIpc) is 3.01. The predicted octanol–water partition coefficient (Wildman–Crippen LogP) is 2.09. The van der Waals surface area contributed by atoms with Gasteiger partial charge in [0.2, 0.25) is 0 Å². The number of aliphatic imine (C=N–C) groups is 1. The van der Waals surface area contributed by atoms with Crippen LogP contribution in [0.15, 0.2) is 17.6 Å². The summed E-state index contributed by atoms with van der Waals surface area (Å²) in [6, 6.07) is 0. The molecular formula is C16H30N4S. The van der Waals surface area contributed by atoms with E-state index >= 15 is 0 Å². The lowest BCUT2D eigenvalue weighted by atomic mass is 9.95. The summed E-state index contributed by atoms with van der Waals surface area (Å²) in [6.45, 7) is 10.9. The highest BCUT2D eigenvalue weighted by Gasteiger charge is 2.39. The summed E-state index contributed by atoms with van der Waals surface area (Å²) in [7, 11) is 0. The zero-order valence-corrected chi connectivity index (χ0v) is 14.2. The van der Waals surface area contributed by atoms with Crippen molar-refractivity contribution in [3.05, 3.63) is 12.7 Å². The Kier molecular flexibility index (Phi) is 6.90. The molecule has 1 aliphatic heterocycles. The van der Waals surface area contributed by atoms with Crippen LogP contribution < -0.4 is 10.6 Å². The van der Waals surface area contributed by atoms with Gasteiger partial charge in [-0.15, -0.1) is 6.58 Å². The molecule has 2 N–H and O–H groups in total. The zero-order valence-electron chi connectivity index (χ0n) is 13.4. The molecule has 0 bridgehead atoms. The predicted molar refractivity (Wildman–Crippen MR) is 94.3 cm³/mol. The molecule has 21 heavy (non-hydrogen) atoms. The Hall–Kier alpha value is -0.680. The molecule has 4 nitrogen and oxygen atoms in total. The summed E-state index contributed by atoms with van der Waals surface area (Å²) in [4.78, 5) is 7.60. The zero-order chi connectivity index (χ0) is 15.0. The molecule has 0 unspecified atom stereocenters. The first-order chi connectivity index (χ1) is 10.3. The molecule has 1 heterocycles. The summed E-state index contributed by atoms with van der Waals surface area (Å²) in [5, 5.41) is 6.64. The van der Waals surface area contributed by atoms with Crippen LogP contribution in [-0.2, 0) is 0 Å². The highest BCUT2D eigenvalue weighted by atomic mass is 32.2. The van der Waals surface area contributed by atoms with Gasteiger partial charge < -0.3 is 10.6 Å². The lowest BCUT2D eigenvalue weighted by Gasteiger charge is -2.42. The van der Waals surface area contributed by atoms with Crippen LogP contribution in [0, 0.1) is 0 Å². The Morgan fingerprint density at radius 1 is 1.29 bits per heavy atom. The van der Waals surface area contributed by atoms with Crippen molar-refractivity contribution >= 4 is 17.7 Å². The normalized spacial score (nSPS) is 23.0. The fraction of sp³-hybridized carbons (Fsp3) is 0.812. The third-order valence-electron chi connectivity index (χ3n) is 4.51. The van der Waals surface area contributed by atoms with Crippen molar-refractivity contribution in [2.24, 2.45) is 4.99 Å². The van der Waals surface area contributed by atoms with Crippen molar-refractivity contribution in [3.63, 3.8) is 0 Å². The first-order valence-electron chi connectivity index (χ1n) is 8.26. The quantitative estimate of drug-likeness (QED) is 0.448. The van der Waals surface area contributed by atoms with Crippen molar-refractivity contribution in [2.75, 3.05) is 44.2 Å². The van der Waals surface area contributed by atoms with Crippen LogP contribution in [0.3, 0.4) is 0 Å². The van der Waals surface area contributed by atoms with Gasteiger partial charge in [0.15, 0.2) is 5.96 Å². The minimum Gasteiger partial charge on any atom is -0.357 e. The average molecular weight is 311 g/mol. The Morgan fingerprint density at radius 3 is 2.62 bits per heavy atom. The number of hydrogen-bond acceptors (Lipinski definition) is 3. The topological polar surface area (TPSA) is 39.7 Å². The van der Waals surface area contributed by atoms with Gasteiger partial charge in [-0.3, -0.25) is 9.89 Å². The van der Waals surface area contributed by atoms with Gasteiger partial charge in [0.25, 0.3) is 0 Å². The minimum absolute atomic E-state index is 0.317. The molecule has 0 spiro atoms. The summed E-state index contributed by atoms with van der Waals surface area (Å²) < 4.78 is 0. The van der Waals surface area contributed by atoms with E-state index < -0.39 is 0 Å². The second-order valence-corrected chi connectivity index (χ2v) is 7.12. The molecule has 2 fully saturated rings. The van der Waals surface area contributed by atoms with E-state index in [0.717, 1.165) is 25.6 Å². The second kappa shape index (κ2) is 8.69.